The average molecular weight is 586 g/mol. The first-order valence-corrected chi connectivity index (χ1v) is 12.3. The second-order valence-electron chi connectivity index (χ2n) is 8.54. The van der Waals surface area contributed by atoms with E-state index in [9.17, 15) is 9.18 Å². The number of halogens is 2. The van der Waals surface area contributed by atoms with E-state index < -0.39 is 36.7 Å². The van der Waals surface area contributed by atoms with Crippen LogP contribution in [0.2, 0.25) is 0 Å². The molecule has 1 unspecified atom stereocenters. The summed E-state index contributed by atoms with van der Waals surface area (Å²) in [7, 11) is 2.68. The van der Waals surface area contributed by atoms with Crippen LogP contribution in [-0.2, 0) is 11.2 Å². The number of H-pyrrole nitrogens is 1. The van der Waals surface area contributed by atoms with E-state index in [4.69, 9.17) is 35.3 Å². The van der Waals surface area contributed by atoms with Crippen molar-refractivity contribution in [3.63, 3.8) is 0 Å². The molecule has 222 valence electrons. The summed E-state index contributed by atoms with van der Waals surface area (Å²) in [4.78, 5) is 32.6. The number of carboxylic acids is 1. The molecule has 0 aliphatic heterocycles. The highest BCUT2D eigenvalue weighted by atomic mass is 19.1. The van der Waals surface area contributed by atoms with Crippen molar-refractivity contribution in [3.05, 3.63) is 87.6 Å². The van der Waals surface area contributed by atoms with E-state index in [2.05, 4.69) is 20.1 Å². The Labute approximate surface area is 238 Å². The number of carbonyl (C=O) groups is 1. The summed E-state index contributed by atoms with van der Waals surface area (Å²) >= 11 is 0. The van der Waals surface area contributed by atoms with Crippen molar-refractivity contribution >= 4 is 11.8 Å². The van der Waals surface area contributed by atoms with Gasteiger partial charge in [-0.1, -0.05) is 24.3 Å². The fourth-order valence-corrected chi connectivity index (χ4v) is 3.92. The summed E-state index contributed by atoms with van der Waals surface area (Å²) < 4.78 is 46.0. The lowest BCUT2D eigenvalue weighted by molar-refractivity contribution is -0.134. The molecule has 4 aromatic rings. The molecule has 0 aliphatic rings. The van der Waals surface area contributed by atoms with E-state index in [0.717, 1.165) is 17.2 Å². The van der Waals surface area contributed by atoms with Crippen LogP contribution in [0, 0.1) is 11.2 Å². The molecule has 0 saturated heterocycles. The molecule has 0 amide bonds. The Bertz CT molecular complexity index is 1570. The van der Waals surface area contributed by atoms with Crippen LogP contribution in [0.3, 0.4) is 0 Å². The van der Waals surface area contributed by atoms with Gasteiger partial charge in [0, 0.05) is 30.4 Å². The molecule has 42 heavy (non-hydrogen) atoms. The van der Waals surface area contributed by atoms with E-state index in [1.165, 1.54) is 32.7 Å². The maximum absolute atomic E-state index is 16.0. The van der Waals surface area contributed by atoms with Crippen molar-refractivity contribution in [1.82, 2.24) is 24.7 Å². The Balaban J connectivity index is 0.00000114. The van der Waals surface area contributed by atoms with Crippen molar-refractivity contribution in [2.45, 2.75) is 19.3 Å². The molecule has 4 rings (SSSR count). The van der Waals surface area contributed by atoms with E-state index in [-0.39, 0.29) is 46.8 Å². The number of aromatic amines is 1. The van der Waals surface area contributed by atoms with Gasteiger partial charge in [-0.05, 0) is 24.1 Å². The number of rotatable bonds is 11. The van der Waals surface area contributed by atoms with Gasteiger partial charge in [-0.3, -0.25) is 15.2 Å². The topological polar surface area (TPSA) is 191 Å². The fourth-order valence-electron chi connectivity index (χ4n) is 3.92. The monoisotopic (exact) mass is 585 g/mol. The van der Waals surface area contributed by atoms with Crippen LogP contribution in [0.15, 0.2) is 53.6 Å². The van der Waals surface area contributed by atoms with E-state index in [0.29, 0.717) is 5.56 Å². The summed E-state index contributed by atoms with van der Waals surface area (Å²) in [6.45, 7) is -0.177. The van der Waals surface area contributed by atoms with Crippen molar-refractivity contribution in [2.75, 3.05) is 27.5 Å². The fraction of sp³-hybridized carbons (Fsp3) is 0.259. The molecule has 0 bridgehead atoms. The quantitative estimate of drug-likeness (QED) is 0.150. The van der Waals surface area contributed by atoms with Gasteiger partial charge in [-0.2, -0.15) is 0 Å². The number of alkyl halides is 1. The summed E-state index contributed by atoms with van der Waals surface area (Å²) in [6, 6.07) is 9.80. The zero-order valence-electron chi connectivity index (χ0n) is 22.9. The van der Waals surface area contributed by atoms with Gasteiger partial charge in [0.05, 0.1) is 20.1 Å². The van der Waals surface area contributed by atoms with Gasteiger partial charge in [0.15, 0.2) is 11.6 Å². The number of ether oxygens (including phenoxy) is 3. The maximum Gasteiger partial charge on any atom is 0.350 e. The van der Waals surface area contributed by atoms with Crippen LogP contribution in [0.4, 0.5) is 8.78 Å². The van der Waals surface area contributed by atoms with Gasteiger partial charge in [0.2, 0.25) is 11.5 Å². The van der Waals surface area contributed by atoms with E-state index in [1.54, 1.807) is 30.3 Å². The van der Waals surface area contributed by atoms with E-state index in [1.807, 2.05) is 0 Å². The number of amidine groups is 1. The Morgan fingerprint density at radius 3 is 2.36 bits per heavy atom. The van der Waals surface area contributed by atoms with Crippen LogP contribution in [-0.4, -0.2) is 69.1 Å². The number of methoxy groups -OCH3 is 2. The third kappa shape index (κ3) is 7.44. The largest absolute Gasteiger partial charge is 0.493 e. The molecule has 2 aromatic heterocycles. The van der Waals surface area contributed by atoms with Crippen molar-refractivity contribution in [1.29, 1.82) is 5.41 Å². The molecule has 13 nitrogen and oxygen atoms in total. The number of hydrogen-bond acceptors (Lipinski definition) is 9. The predicted molar refractivity (Wildman–Crippen MR) is 147 cm³/mol. The van der Waals surface area contributed by atoms with Crippen molar-refractivity contribution in [3.8, 4) is 23.2 Å². The zero-order chi connectivity index (χ0) is 30.8. The minimum absolute atomic E-state index is 0.0318. The Kier molecular flexibility index (Phi) is 10.6. The highest BCUT2D eigenvalue weighted by Gasteiger charge is 2.30. The number of benzene rings is 2. The lowest BCUT2D eigenvalue weighted by atomic mass is 9.90. The van der Waals surface area contributed by atoms with Gasteiger partial charge < -0.3 is 25.1 Å². The lowest BCUT2D eigenvalue weighted by Crippen LogP contribution is -2.18. The van der Waals surface area contributed by atoms with Crippen molar-refractivity contribution in [2.24, 2.45) is 5.73 Å². The molecule has 5 N–H and O–H groups in total. The molecular weight excluding hydrogens is 556 g/mol. The Morgan fingerprint density at radius 2 is 1.81 bits per heavy atom. The second-order valence-corrected chi connectivity index (χ2v) is 8.54. The van der Waals surface area contributed by atoms with Crippen LogP contribution in [0.1, 0.15) is 35.4 Å². The molecule has 0 saturated carbocycles. The molecule has 0 aliphatic carbocycles. The zero-order valence-corrected chi connectivity index (χ0v) is 22.9. The highest BCUT2D eigenvalue weighted by molar-refractivity contribution is 5.94. The number of aromatic nitrogens is 5. The van der Waals surface area contributed by atoms with Gasteiger partial charge in [-0.25, -0.2) is 23.5 Å². The molecule has 2 aromatic carbocycles. The molecule has 0 fully saturated rings. The van der Waals surface area contributed by atoms with Gasteiger partial charge in [-0.15, -0.1) is 9.78 Å². The molecule has 0 spiro atoms. The first kappa shape index (κ1) is 31.2. The predicted octanol–water partition coefficient (Wildman–Crippen LogP) is 2.60. The standard InChI is InChI=1S/C25H25F2N7O4.C2H4O2/c1-36-18-13-16(19(27)21(20(18)37-2)38-11-8-26)17(12-14-4-6-15(7-5-14)22(28)29)23-32-25(35)34(33-23)24-30-9-3-10-31-24;1-2(3)4/h3-7,9-10,13,17H,8,11-12H2,1-2H3,(H3,28,29)(H,32,33,35);1H3,(H,3,4). The molecule has 1 atom stereocenters. The molecular formula is C27H29F2N7O6. The van der Waals surface area contributed by atoms with Crippen LogP contribution in [0.5, 0.6) is 17.2 Å². The number of carboxylic acid groups (broad SMARTS) is 1. The Hall–Kier alpha value is -5.34. The van der Waals surface area contributed by atoms with Gasteiger partial charge in [0.1, 0.15) is 24.9 Å². The number of aliphatic carboxylic acids is 1. The van der Waals surface area contributed by atoms with Crippen LogP contribution < -0.4 is 25.6 Å². The second kappa shape index (κ2) is 14.3. The highest BCUT2D eigenvalue weighted by Crippen LogP contribution is 2.44. The number of nitrogen functional groups attached to an aromatic ring is 1. The smallest absolute Gasteiger partial charge is 0.350 e. The summed E-state index contributed by atoms with van der Waals surface area (Å²) in [5.41, 5.74) is 6.24. The van der Waals surface area contributed by atoms with Gasteiger partial charge in [0.25, 0.3) is 11.9 Å². The summed E-state index contributed by atoms with van der Waals surface area (Å²) in [5.74, 6) is -2.71. The molecule has 2 heterocycles. The first-order chi connectivity index (χ1) is 20.1. The Morgan fingerprint density at radius 1 is 1.17 bits per heavy atom. The van der Waals surface area contributed by atoms with Crippen LogP contribution in [0.25, 0.3) is 5.95 Å². The SMILES string of the molecule is CC(=O)O.COc1cc(C(Cc2ccc(C(=N)N)cc2)c2nn(-c3ncccn3)c(=O)[nH]2)c(F)c(OCCF)c1OC. The number of nitrogens with two attached hydrogens (primary N) is 1. The average Bonchev–Trinajstić information content (AvgIpc) is 3.36. The normalized spacial score (nSPS) is 11.2. The van der Waals surface area contributed by atoms with Crippen molar-refractivity contribution < 1.29 is 32.9 Å². The van der Waals surface area contributed by atoms with Crippen LogP contribution >= 0.6 is 0 Å². The minimum Gasteiger partial charge on any atom is -0.493 e. The first-order valence-electron chi connectivity index (χ1n) is 12.3. The minimum atomic E-state index is -0.872. The third-order valence-corrected chi connectivity index (χ3v) is 5.70. The van der Waals surface area contributed by atoms with E-state index >= 15 is 4.39 Å². The van der Waals surface area contributed by atoms with Gasteiger partial charge >= 0.3 is 5.69 Å². The third-order valence-electron chi connectivity index (χ3n) is 5.70. The number of hydrogen-bond donors (Lipinski definition) is 4. The summed E-state index contributed by atoms with van der Waals surface area (Å²) in [5, 5.41) is 19.4. The summed E-state index contributed by atoms with van der Waals surface area (Å²) in [6.07, 6.45) is 3.08. The molecule has 15 heteroatoms. The lowest BCUT2D eigenvalue weighted by Gasteiger charge is -2.21. The number of nitrogens with one attached hydrogen (secondary N) is 2. The number of nitrogens with zero attached hydrogens (tertiary/aromatic N) is 4. The maximum atomic E-state index is 16.0. The molecule has 0 radical (unpaired) electrons.